The van der Waals surface area contributed by atoms with Crippen LogP contribution in [0.5, 0.6) is 0 Å². The number of nitrogens with one attached hydrogen (secondary N) is 1. The minimum Gasteiger partial charge on any atom is -0.339 e. The molecule has 0 aliphatic rings. The van der Waals surface area contributed by atoms with Crippen LogP contribution in [0.15, 0.2) is 34.7 Å². The Morgan fingerprint density at radius 1 is 1.47 bits per heavy atom. The molecule has 2 rings (SSSR count). The second-order valence-electron chi connectivity index (χ2n) is 2.91. The van der Waals surface area contributed by atoms with E-state index < -0.39 is 0 Å². The van der Waals surface area contributed by atoms with Crippen LogP contribution >= 0.6 is 11.8 Å². The molecular formula is C10H8N4S. The highest BCUT2D eigenvalue weighted by Gasteiger charge is 2.07. The van der Waals surface area contributed by atoms with E-state index in [0.717, 1.165) is 10.9 Å². The zero-order valence-electron chi connectivity index (χ0n) is 8.06. The van der Waals surface area contributed by atoms with Gasteiger partial charge in [0.15, 0.2) is 5.16 Å². The molecule has 2 aromatic rings. The highest BCUT2D eigenvalue weighted by molar-refractivity contribution is 7.99. The molecule has 0 spiro atoms. The second-order valence-corrected chi connectivity index (χ2v) is 3.89. The van der Waals surface area contributed by atoms with E-state index in [1.165, 1.54) is 11.8 Å². The largest absolute Gasteiger partial charge is 0.339 e. The molecule has 0 amide bonds. The summed E-state index contributed by atoms with van der Waals surface area (Å²) in [6, 6.07) is 5.71. The molecule has 0 aliphatic heterocycles. The predicted octanol–water partition coefficient (Wildman–Crippen LogP) is 2.14. The summed E-state index contributed by atoms with van der Waals surface area (Å²) in [4.78, 5) is 11.3. The maximum atomic E-state index is 8.90. The van der Waals surface area contributed by atoms with E-state index in [9.17, 15) is 0 Å². The summed E-state index contributed by atoms with van der Waals surface area (Å²) in [5.74, 6) is 0. The van der Waals surface area contributed by atoms with Crippen LogP contribution in [-0.4, -0.2) is 15.0 Å². The van der Waals surface area contributed by atoms with Crippen LogP contribution in [0.4, 0.5) is 0 Å². The van der Waals surface area contributed by atoms with Gasteiger partial charge < -0.3 is 4.98 Å². The Morgan fingerprint density at radius 3 is 3.00 bits per heavy atom. The number of imidazole rings is 1. The maximum absolute atomic E-state index is 8.90. The van der Waals surface area contributed by atoms with Gasteiger partial charge in [-0.15, -0.1) is 0 Å². The Kier molecular flexibility index (Phi) is 2.70. The first kappa shape index (κ1) is 9.74. The van der Waals surface area contributed by atoms with Crippen LogP contribution < -0.4 is 0 Å². The van der Waals surface area contributed by atoms with Crippen molar-refractivity contribution in [3.8, 4) is 6.07 Å². The number of aryl methyl sites for hydroxylation is 1. The van der Waals surface area contributed by atoms with Gasteiger partial charge in [-0.25, -0.2) is 9.97 Å². The number of rotatable bonds is 2. The fraction of sp³-hybridized carbons (Fsp3) is 0.100. The summed E-state index contributed by atoms with van der Waals surface area (Å²) in [7, 11) is 0. The highest BCUT2D eigenvalue weighted by atomic mass is 32.2. The van der Waals surface area contributed by atoms with E-state index >= 15 is 0 Å². The summed E-state index contributed by atoms with van der Waals surface area (Å²) in [5, 5.41) is 10.3. The Balaban J connectivity index is 2.35. The second kappa shape index (κ2) is 4.15. The van der Waals surface area contributed by atoms with Crippen molar-refractivity contribution in [1.29, 1.82) is 5.26 Å². The Morgan fingerprint density at radius 2 is 2.33 bits per heavy atom. The molecule has 0 radical (unpaired) electrons. The number of hydrogen-bond acceptors (Lipinski definition) is 4. The van der Waals surface area contributed by atoms with Crippen LogP contribution in [0.1, 0.15) is 11.3 Å². The van der Waals surface area contributed by atoms with Crippen LogP contribution in [0, 0.1) is 18.3 Å². The lowest BCUT2D eigenvalue weighted by Gasteiger charge is -2.01. The average Bonchev–Trinajstić information content (AvgIpc) is 2.71. The van der Waals surface area contributed by atoms with Gasteiger partial charge in [-0.1, -0.05) is 0 Å². The highest BCUT2D eigenvalue weighted by Crippen LogP contribution is 2.25. The normalized spacial score (nSPS) is 9.87. The van der Waals surface area contributed by atoms with Crippen molar-refractivity contribution in [3.63, 3.8) is 0 Å². The van der Waals surface area contributed by atoms with Gasteiger partial charge in [0.05, 0.1) is 5.56 Å². The smallest absolute Gasteiger partial charge is 0.171 e. The predicted molar refractivity (Wildman–Crippen MR) is 56.4 cm³/mol. The molecule has 0 unspecified atom stereocenters. The van der Waals surface area contributed by atoms with Crippen molar-refractivity contribution in [2.45, 2.75) is 17.1 Å². The van der Waals surface area contributed by atoms with Crippen molar-refractivity contribution in [2.75, 3.05) is 0 Å². The number of pyridine rings is 1. The molecule has 0 bridgehead atoms. The molecule has 0 atom stereocenters. The SMILES string of the molecule is Cc1ccc(C#N)c(Sc2ncc[nH]2)n1. The zero-order chi connectivity index (χ0) is 10.7. The standard InChI is InChI=1S/C10H8N4S/c1-7-2-3-8(6-11)9(14-7)15-10-12-4-5-13-10/h2-5H,1H3,(H,12,13). The Labute approximate surface area is 91.4 Å². The van der Waals surface area contributed by atoms with Gasteiger partial charge in [-0.05, 0) is 30.8 Å². The molecule has 1 N–H and O–H groups in total. The molecule has 0 fully saturated rings. The van der Waals surface area contributed by atoms with Gasteiger partial charge in [0, 0.05) is 18.1 Å². The number of hydrogen-bond donors (Lipinski definition) is 1. The summed E-state index contributed by atoms with van der Waals surface area (Å²) >= 11 is 1.36. The first-order chi connectivity index (χ1) is 7.29. The van der Waals surface area contributed by atoms with Gasteiger partial charge in [0.1, 0.15) is 11.1 Å². The quantitative estimate of drug-likeness (QED) is 0.835. The molecule has 2 heterocycles. The van der Waals surface area contributed by atoms with Gasteiger partial charge in [0.25, 0.3) is 0 Å². The number of aromatic amines is 1. The van der Waals surface area contributed by atoms with Crippen molar-refractivity contribution < 1.29 is 0 Å². The van der Waals surface area contributed by atoms with Crippen molar-refractivity contribution in [2.24, 2.45) is 0 Å². The van der Waals surface area contributed by atoms with Crippen molar-refractivity contribution >= 4 is 11.8 Å². The molecule has 0 aliphatic carbocycles. The molecule has 0 aromatic carbocycles. The van der Waals surface area contributed by atoms with Gasteiger partial charge >= 0.3 is 0 Å². The topological polar surface area (TPSA) is 65.4 Å². The van der Waals surface area contributed by atoms with E-state index in [1.54, 1.807) is 18.5 Å². The Hall–Kier alpha value is -1.80. The molecule has 74 valence electrons. The van der Waals surface area contributed by atoms with Crippen molar-refractivity contribution in [3.05, 3.63) is 35.8 Å². The lowest BCUT2D eigenvalue weighted by atomic mass is 10.3. The van der Waals surface area contributed by atoms with E-state index in [1.807, 2.05) is 13.0 Å². The van der Waals surface area contributed by atoms with Gasteiger partial charge in [-0.2, -0.15) is 5.26 Å². The first-order valence-corrected chi connectivity index (χ1v) is 5.16. The van der Waals surface area contributed by atoms with Gasteiger partial charge in [-0.3, -0.25) is 0 Å². The molecule has 15 heavy (non-hydrogen) atoms. The van der Waals surface area contributed by atoms with Crippen LogP contribution in [0.3, 0.4) is 0 Å². The number of H-pyrrole nitrogens is 1. The lowest BCUT2D eigenvalue weighted by molar-refractivity contribution is 1.01. The monoisotopic (exact) mass is 216 g/mol. The molecule has 0 saturated heterocycles. The summed E-state index contributed by atoms with van der Waals surface area (Å²) in [6.45, 7) is 1.90. The summed E-state index contributed by atoms with van der Waals surface area (Å²) < 4.78 is 0. The number of nitrogens with zero attached hydrogens (tertiary/aromatic N) is 3. The fourth-order valence-electron chi connectivity index (χ4n) is 1.09. The molecular weight excluding hydrogens is 208 g/mol. The van der Waals surface area contributed by atoms with Crippen molar-refractivity contribution in [1.82, 2.24) is 15.0 Å². The zero-order valence-corrected chi connectivity index (χ0v) is 8.88. The summed E-state index contributed by atoms with van der Waals surface area (Å²) in [6.07, 6.45) is 3.41. The third kappa shape index (κ3) is 2.17. The van der Waals surface area contributed by atoms with E-state index in [2.05, 4.69) is 21.0 Å². The van der Waals surface area contributed by atoms with E-state index in [-0.39, 0.29) is 0 Å². The third-order valence-electron chi connectivity index (χ3n) is 1.79. The number of aromatic nitrogens is 3. The van der Waals surface area contributed by atoms with Crippen LogP contribution in [0.2, 0.25) is 0 Å². The fourth-order valence-corrected chi connectivity index (χ4v) is 1.93. The maximum Gasteiger partial charge on any atom is 0.171 e. The number of nitriles is 1. The van der Waals surface area contributed by atoms with Gasteiger partial charge in [0.2, 0.25) is 0 Å². The minimum atomic E-state index is 0.571. The van der Waals surface area contributed by atoms with E-state index in [0.29, 0.717) is 10.6 Å². The van der Waals surface area contributed by atoms with Crippen LogP contribution in [-0.2, 0) is 0 Å². The summed E-state index contributed by atoms with van der Waals surface area (Å²) in [5.41, 5.74) is 1.46. The average molecular weight is 216 g/mol. The first-order valence-electron chi connectivity index (χ1n) is 4.34. The van der Waals surface area contributed by atoms with Crippen LogP contribution in [0.25, 0.3) is 0 Å². The Bertz CT molecular complexity index is 499. The van der Waals surface area contributed by atoms with E-state index in [4.69, 9.17) is 5.26 Å². The molecule has 4 nitrogen and oxygen atoms in total. The minimum absolute atomic E-state index is 0.571. The molecule has 2 aromatic heterocycles. The molecule has 0 saturated carbocycles. The molecule has 5 heteroatoms. The third-order valence-corrected chi connectivity index (χ3v) is 2.71. The lowest BCUT2D eigenvalue weighted by Crippen LogP contribution is -1.89.